The monoisotopic (exact) mass is 189 g/mol. The first-order valence-electron chi connectivity index (χ1n) is 4.79. The fourth-order valence-electron chi connectivity index (χ4n) is 1.13. The molecule has 0 rings (SSSR count). The third kappa shape index (κ3) is 9.80. The predicted octanol–water partition coefficient (Wildman–Crippen LogP) is 1.64. The topological polar surface area (TPSA) is 55.5 Å². The molecule has 0 aliphatic rings. The lowest BCUT2D eigenvalue weighted by Gasteiger charge is -2.26. The summed E-state index contributed by atoms with van der Waals surface area (Å²) in [7, 11) is 0. The molecule has 0 amide bonds. The summed E-state index contributed by atoms with van der Waals surface area (Å²) in [6, 6.07) is 0. The van der Waals surface area contributed by atoms with Gasteiger partial charge in [0, 0.05) is 0 Å². The second kappa shape index (κ2) is 4.40. The lowest BCUT2D eigenvalue weighted by molar-refractivity contribution is -0.0702. The molecule has 1 unspecified atom stereocenters. The van der Waals surface area contributed by atoms with Crippen molar-refractivity contribution in [2.75, 3.05) is 0 Å². The second-order valence-electron chi connectivity index (χ2n) is 4.88. The van der Waals surface area contributed by atoms with E-state index in [4.69, 9.17) is 10.5 Å². The van der Waals surface area contributed by atoms with E-state index in [0.29, 0.717) is 0 Å². The number of aliphatic hydroxyl groups is 1. The average Bonchev–Trinajstić information content (AvgIpc) is 1.78. The summed E-state index contributed by atoms with van der Waals surface area (Å²) in [6.45, 7) is 9.22. The summed E-state index contributed by atoms with van der Waals surface area (Å²) in [5, 5.41) is 9.48. The van der Waals surface area contributed by atoms with Gasteiger partial charge in [0.2, 0.25) is 0 Å². The Bertz CT molecular complexity index is 144. The molecule has 0 saturated carbocycles. The standard InChI is InChI=1S/C10H23NO2/c1-8(13-10(4,5)11)6-7-9(2,3)12/h8,12H,6-7,11H2,1-5H3. The van der Waals surface area contributed by atoms with Crippen LogP contribution < -0.4 is 5.73 Å². The molecule has 3 heteroatoms. The van der Waals surface area contributed by atoms with E-state index in [2.05, 4.69) is 0 Å². The van der Waals surface area contributed by atoms with Crippen molar-refractivity contribution in [3.63, 3.8) is 0 Å². The van der Waals surface area contributed by atoms with Crippen LogP contribution in [0.4, 0.5) is 0 Å². The first-order chi connectivity index (χ1) is 5.60. The maximum absolute atomic E-state index is 9.48. The lowest BCUT2D eigenvalue weighted by atomic mass is 10.0. The van der Waals surface area contributed by atoms with Crippen molar-refractivity contribution in [3.05, 3.63) is 0 Å². The Labute approximate surface area is 81.3 Å². The van der Waals surface area contributed by atoms with E-state index in [1.165, 1.54) is 0 Å². The van der Waals surface area contributed by atoms with Crippen molar-refractivity contribution in [3.8, 4) is 0 Å². The van der Waals surface area contributed by atoms with Gasteiger partial charge in [-0.2, -0.15) is 0 Å². The number of rotatable bonds is 5. The third-order valence-electron chi connectivity index (χ3n) is 1.67. The van der Waals surface area contributed by atoms with Crippen LogP contribution in [0, 0.1) is 0 Å². The lowest BCUT2D eigenvalue weighted by Crippen LogP contribution is -2.39. The van der Waals surface area contributed by atoms with Gasteiger partial charge in [0.05, 0.1) is 11.7 Å². The van der Waals surface area contributed by atoms with Gasteiger partial charge >= 0.3 is 0 Å². The smallest absolute Gasteiger partial charge is 0.111 e. The van der Waals surface area contributed by atoms with Crippen LogP contribution in [0.25, 0.3) is 0 Å². The molecule has 0 aromatic heterocycles. The van der Waals surface area contributed by atoms with Gasteiger partial charge in [-0.1, -0.05) is 0 Å². The molecule has 0 bridgehead atoms. The number of nitrogens with two attached hydrogens (primary N) is 1. The van der Waals surface area contributed by atoms with E-state index < -0.39 is 11.3 Å². The van der Waals surface area contributed by atoms with Gasteiger partial charge in [0.15, 0.2) is 0 Å². The molecule has 0 aromatic rings. The molecule has 0 aliphatic heterocycles. The first-order valence-corrected chi connectivity index (χ1v) is 4.79. The number of hydrogen-bond donors (Lipinski definition) is 2. The van der Waals surface area contributed by atoms with E-state index in [1.807, 2.05) is 20.8 Å². The van der Waals surface area contributed by atoms with E-state index in [1.54, 1.807) is 13.8 Å². The summed E-state index contributed by atoms with van der Waals surface area (Å²) < 4.78 is 5.50. The van der Waals surface area contributed by atoms with Crippen molar-refractivity contribution in [1.82, 2.24) is 0 Å². The Morgan fingerprint density at radius 2 is 1.77 bits per heavy atom. The maximum atomic E-state index is 9.48. The molecule has 13 heavy (non-hydrogen) atoms. The van der Waals surface area contributed by atoms with Crippen LogP contribution in [0.15, 0.2) is 0 Å². The summed E-state index contributed by atoms with van der Waals surface area (Å²) >= 11 is 0. The minimum Gasteiger partial charge on any atom is -0.390 e. The van der Waals surface area contributed by atoms with Gasteiger partial charge in [0.25, 0.3) is 0 Å². The SMILES string of the molecule is CC(CCC(C)(C)O)OC(C)(C)N. The fraction of sp³-hybridized carbons (Fsp3) is 1.00. The highest BCUT2D eigenvalue weighted by Gasteiger charge is 2.19. The Kier molecular flexibility index (Phi) is 4.36. The highest BCUT2D eigenvalue weighted by molar-refractivity contribution is 4.68. The summed E-state index contributed by atoms with van der Waals surface area (Å²) in [5.41, 5.74) is 4.49. The van der Waals surface area contributed by atoms with Crippen LogP contribution in [0.1, 0.15) is 47.5 Å². The van der Waals surface area contributed by atoms with Crippen molar-refractivity contribution in [2.45, 2.75) is 64.9 Å². The summed E-state index contributed by atoms with van der Waals surface area (Å²) in [5.74, 6) is 0. The van der Waals surface area contributed by atoms with Gasteiger partial charge in [-0.05, 0) is 47.5 Å². The van der Waals surface area contributed by atoms with Crippen LogP contribution in [0.2, 0.25) is 0 Å². The number of hydrogen-bond acceptors (Lipinski definition) is 3. The largest absolute Gasteiger partial charge is 0.390 e. The van der Waals surface area contributed by atoms with E-state index in [-0.39, 0.29) is 6.10 Å². The molecule has 3 N–H and O–H groups in total. The molecular formula is C10H23NO2. The van der Waals surface area contributed by atoms with E-state index in [0.717, 1.165) is 12.8 Å². The van der Waals surface area contributed by atoms with Crippen LogP contribution in [-0.2, 0) is 4.74 Å². The Morgan fingerprint density at radius 3 is 2.08 bits per heavy atom. The van der Waals surface area contributed by atoms with Crippen LogP contribution in [0.5, 0.6) is 0 Å². The van der Waals surface area contributed by atoms with Crippen molar-refractivity contribution >= 4 is 0 Å². The minimum atomic E-state index is -0.615. The predicted molar refractivity (Wildman–Crippen MR) is 54.3 cm³/mol. The normalized spacial score (nSPS) is 15.9. The number of ether oxygens (including phenoxy) is 1. The molecule has 0 aliphatic carbocycles. The van der Waals surface area contributed by atoms with Gasteiger partial charge in [-0.3, -0.25) is 0 Å². The highest BCUT2D eigenvalue weighted by Crippen LogP contribution is 2.16. The van der Waals surface area contributed by atoms with Gasteiger partial charge in [0.1, 0.15) is 5.72 Å². The molecule has 1 atom stereocenters. The minimum absolute atomic E-state index is 0.0893. The van der Waals surface area contributed by atoms with Gasteiger partial charge in [-0.15, -0.1) is 0 Å². The fourth-order valence-corrected chi connectivity index (χ4v) is 1.13. The van der Waals surface area contributed by atoms with Crippen LogP contribution in [-0.4, -0.2) is 22.5 Å². The Hall–Kier alpha value is -0.120. The Morgan fingerprint density at radius 1 is 1.31 bits per heavy atom. The molecule has 80 valence electrons. The maximum Gasteiger partial charge on any atom is 0.111 e. The van der Waals surface area contributed by atoms with Crippen molar-refractivity contribution in [2.24, 2.45) is 5.73 Å². The highest BCUT2D eigenvalue weighted by atomic mass is 16.5. The summed E-state index contributed by atoms with van der Waals surface area (Å²) in [6.07, 6.45) is 1.64. The molecule has 3 nitrogen and oxygen atoms in total. The molecular weight excluding hydrogens is 166 g/mol. The van der Waals surface area contributed by atoms with E-state index >= 15 is 0 Å². The molecule has 0 fully saturated rings. The van der Waals surface area contributed by atoms with Gasteiger partial charge in [-0.25, -0.2) is 0 Å². The zero-order chi connectivity index (χ0) is 10.7. The second-order valence-corrected chi connectivity index (χ2v) is 4.88. The molecule has 0 spiro atoms. The van der Waals surface area contributed by atoms with Crippen molar-refractivity contribution in [1.29, 1.82) is 0 Å². The Balaban J connectivity index is 3.70. The van der Waals surface area contributed by atoms with Crippen molar-refractivity contribution < 1.29 is 9.84 Å². The van der Waals surface area contributed by atoms with Crippen LogP contribution >= 0.6 is 0 Å². The quantitative estimate of drug-likeness (QED) is 0.646. The third-order valence-corrected chi connectivity index (χ3v) is 1.67. The van der Waals surface area contributed by atoms with Crippen LogP contribution in [0.3, 0.4) is 0 Å². The first kappa shape index (κ1) is 12.9. The zero-order valence-corrected chi connectivity index (χ0v) is 9.42. The zero-order valence-electron chi connectivity index (χ0n) is 9.42. The molecule has 0 saturated heterocycles. The molecule has 0 heterocycles. The molecule has 0 radical (unpaired) electrons. The average molecular weight is 189 g/mol. The van der Waals surface area contributed by atoms with E-state index in [9.17, 15) is 5.11 Å². The molecule has 0 aromatic carbocycles. The summed E-state index contributed by atoms with van der Waals surface area (Å²) in [4.78, 5) is 0. The van der Waals surface area contributed by atoms with Gasteiger partial charge < -0.3 is 15.6 Å².